The van der Waals surface area contributed by atoms with Crippen LogP contribution in [0.5, 0.6) is 0 Å². The number of hydrogen-bond donors (Lipinski definition) is 2. The van der Waals surface area contributed by atoms with Crippen LogP contribution in [-0.2, 0) is 4.79 Å². The van der Waals surface area contributed by atoms with Gasteiger partial charge in [0.25, 0.3) is 0 Å². The third kappa shape index (κ3) is 3.67. The summed E-state index contributed by atoms with van der Waals surface area (Å²) in [5, 5.41) is 5.98. The van der Waals surface area contributed by atoms with Crippen LogP contribution in [0.3, 0.4) is 0 Å². The van der Waals surface area contributed by atoms with Gasteiger partial charge >= 0.3 is 0 Å². The van der Waals surface area contributed by atoms with E-state index < -0.39 is 0 Å². The standard InChI is InChI=1S/C12H22N2O/c1-4-7-13-8-11(15)14-9-12(5-6-12)10(2)3/h4,10,13H,1,5-9H2,2-3H3,(H,14,15). The van der Waals surface area contributed by atoms with E-state index in [1.165, 1.54) is 12.8 Å². The molecule has 1 fully saturated rings. The van der Waals surface area contributed by atoms with Crippen LogP contribution in [0.25, 0.3) is 0 Å². The van der Waals surface area contributed by atoms with Gasteiger partial charge < -0.3 is 10.6 Å². The highest BCUT2D eigenvalue weighted by Gasteiger charge is 2.45. The highest BCUT2D eigenvalue weighted by molar-refractivity contribution is 5.78. The number of hydrogen-bond acceptors (Lipinski definition) is 2. The summed E-state index contributed by atoms with van der Waals surface area (Å²) >= 11 is 0. The van der Waals surface area contributed by atoms with Crippen molar-refractivity contribution >= 4 is 5.91 Å². The summed E-state index contributed by atoms with van der Waals surface area (Å²) in [6.45, 7) is 9.95. The Bertz CT molecular complexity index is 232. The van der Waals surface area contributed by atoms with Crippen LogP contribution in [0, 0.1) is 11.3 Å². The number of amides is 1. The van der Waals surface area contributed by atoms with E-state index in [1.807, 2.05) is 0 Å². The molecule has 0 spiro atoms. The third-order valence-electron chi connectivity index (χ3n) is 3.33. The molecule has 3 nitrogen and oxygen atoms in total. The second-order valence-corrected chi connectivity index (χ2v) is 4.71. The van der Waals surface area contributed by atoms with Crippen molar-refractivity contribution in [2.24, 2.45) is 11.3 Å². The lowest BCUT2D eigenvalue weighted by molar-refractivity contribution is -0.120. The van der Waals surface area contributed by atoms with Gasteiger partial charge in [-0.05, 0) is 24.2 Å². The van der Waals surface area contributed by atoms with Crippen LogP contribution >= 0.6 is 0 Å². The Balaban J connectivity index is 2.14. The maximum Gasteiger partial charge on any atom is 0.233 e. The molecule has 0 aromatic rings. The van der Waals surface area contributed by atoms with Gasteiger partial charge in [0, 0.05) is 13.1 Å². The van der Waals surface area contributed by atoms with Crippen molar-refractivity contribution in [3.8, 4) is 0 Å². The number of nitrogens with one attached hydrogen (secondary N) is 2. The number of carbonyl (C=O) groups excluding carboxylic acids is 1. The normalized spacial score (nSPS) is 17.5. The maximum absolute atomic E-state index is 11.4. The van der Waals surface area contributed by atoms with E-state index in [1.54, 1.807) is 6.08 Å². The SMILES string of the molecule is C=CCNCC(=O)NCC1(C(C)C)CC1. The molecule has 0 atom stereocenters. The molecule has 1 amide bonds. The number of rotatable bonds is 7. The average molecular weight is 210 g/mol. The Morgan fingerprint density at radius 1 is 1.53 bits per heavy atom. The topological polar surface area (TPSA) is 41.1 Å². The molecule has 0 aromatic carbocycles. The van der Waals surface area contributed by atoms with Gasteiger partial charge in [0.2, 0.25) is 5.91 Å². The van der Waals surface area contributed by atoms with Gasteiger partial charge in [0.05, 0.1) is 6.54 Å². The van der Waals surface area contributed by atoms with E-state index in [0.717, 1.165) is 6.54 Å². The van der Waals surface area contributed by atoms with Gasteiger partial charge in [-0.2, -0.15) is 0 Å². The van der Waals surface area contributed by atoms with E-state index >= 15 is 0 Å². The first-order valence-corrected chi connectivity index (χ1v) is 5.69. The minimum absolute atomic E-state index is 0.0868. The zero-order valence-electron chi connectivity index (χ0n) is 9.81. The van der Waals surface area contributed by atoms with Gasteiger partial charge in [-0.1, -0.05) is 19.9 Å². The minimum Gasteiger partial charge on any atom is -0.354 e. The van der Waals surface area contributed by atoms with Crippen molar-refractivity contribution in [3.63, 3.8) is 0 Å². The largest absolute Gasteiger partial charge is 0.354 e. The predicted molar refractivity (Wildman–Crippen MR) is 62.6 cm³/mol. The maximum atomic E-state index is 11.4. The van der Waals surface area contributed by atoms with E-state index in [2.05, 4.69) is 31.1 Å². The summed E-state index contributed by atoms with van der Waals surface area (Å²) in [6, 6.07) is 0. The molecular formula is C12H22N2O. The molecular weight excluding hydrogens is 188 g/mol. The molecule has 3 heteroatoms. The van der Waals surface area contributed by atoms with Gasteiger partial charge in [0.1, 0.15) is 0 Å². The second-order valence-electron chi connectivity index (χ2n) is 4.71. The molecule has 1 aliphatic rings. The highest BCUT2D eigenvalue weighted by Crippen LogP contribution is 2.51. The Morgan fingerprint density at radius 2 is 2.20 bits per heavy atom. The van der Waals surface area contributed by atoms with E-state index in [4.69, 9.17) is 0 Å². The lowest BCUT2D eigenvalue weighted by Crippen LogP contribution is -2.38. The Morgan fingerprint density at radius 3 is 2.67 bits per heavy atom. The molecule has 1 aliphatic carbocycles. The fraction of sp³-hybridized carbons (Fsp3) is 0.750. The first-order valence-electron chi connectivity index (χ1n) is 5.69. The summed E-state index contributed by atoms with van der Waals surface area (Å²) in [7, 11) is 0. The second kappa shape index (κ2) is 5.31. The average Bonchev–Trinajstić information content (AvgIpc) is 2.96. The molecule has 2 N–H and O–H groups in total. The summed E-state index contributed by atoms with van der Waals surface area (Å²) in [5.41, 5.74) is 0.397. The quantitative estimate of drug-likeness (QED) is 0.491. The Labute approximate surface area is 92.3 Å². The zero-order valence-corrected chi connectivity index (χ0v) is 9.81. The molecule has 0 radical (unpaired) electrons. The fourth-order valence-electron chi connectivity index (χ4n) is 1.74. The summed E-state index contributed by atoms with van der Waals surface area (Å²) in [4.78, 5) is 11.4. The summed E-state index contributed by atoms with van der Waals surface area (Å²) in [6.07, 6.45) is 4.26. The van der Waals surface area contributed by atoms with E-state index in [9.17, 15) is 4.79 Å². The molecule has 1 saturated carbocycles. The van der Waals surface area contributed by atoms with Crippen LogP contribution in [0.2, 0.25) is 0 Å². The van der Waals surface area contributed by atoms with Crippen molar-refractivity contribution in [1.82, 2.24) is 10.6 Å². The minimum atomic E-state index is 0.0868. The van der Waals surface area contributed by atoms with Crippen LogP contribution in [0.15, 0.2) is 12.7 Å². The molecule has 15 heavy (non-hydrogen) atoms. The lowest BCUT2D eigenvalue weighted by atomic mass is 9.92. The molecule has 0 heterocycles. The molecule has 86 valence electrons. The van der Waals surface area contributed by atoms with E-state index in [0.29, 0.717) is 24.4 Å². The summed E-state index contributed by atoms with van der Waals surface area (Å²) in [5.74, 6) is 0.753. The van der Waals surface area contributed by atoms with Crippen molar-refractivity contribution in [3.05, 3.63) is 12.7 Å². The van der Waals surface area contributed by atoms with Gasteiger partial charge in [-0.3, -0.25) is 4.79 Å². The summed E-state index contributed by atoms with van der Waals surface area (Å²) < 4.78 is 0. The molecule has 0 bridgehead atoms. The monoisotopic (exact) mass is 210 g/mol. The molecule has 0 saturated heterocycles. The van der Waals surface area contributed by atoms with Crippen molar-refractivity contribution in [2.75, 3.05) is 19.6 Å². The van der Waals surface area contributed by atoms with Gasteiger partial charge in [-0.25, -0.2) is 0 Å². The first kappa shape index (κ1) is 12.2. The third-order valence-corrected chi connectivity index (χ3v) is 3.33. The van der Waals surface area contributed by atoms with Gasteiger partial charge in [0.15, 0.2) is 0 Å². The fourth-order valence-corrected chi connectivity index (χ4v) is 1.74. The zero-order chi connectivity index (χ0) is 11.3. The van der Waals surface area contributed by atoms with Crippen LogP contribution in [0.1, 0.15) is 26.7 Å². The highest BCUT2D eigenvalue weighted by atomic mass is 16.1. The van der Waals surface area contributed by atoms with Crippen molar-refractivity contribution in [1.29, 1.82) is 0 Å². The molecule has 0 aromatic heterocycles. The Hall–Kier alpha value is -0.830. The van der Waals surface area contributed by atoms with Crippen LogP contribution < -0.4 is 10.6 Å². The number of carbonyl (C=O) groups is 1. The first-order chi connectivity index (χ1) is 7.10. The van der Waals surface area contributed by atoms with Crippen LogP contribution in [0.4, 0.5) is 0 Å². The van der Waals surface area contributed by atoms with Gasteiger partial charge in [-0.15, -0.1) is 6.58 Å². The molecule has 1 rings (SSSR count). The lowest BCUT2D eigenvalue weighted by Gasteiger charge is -2.19. The Kier molecular flexibility index (Phi) is 4.33. The molecule has 0 aliphatic heterocycles. The van der Waals surface area contributed by atoms with Crippen LogP contribution in [-0.4, -0.2) is 25.5 Å². The predicted octanol–water partition coefficient (Wildman–Crippen LogP) is 1.31. The molecule has 0 unspecified atom stereocenters. The van der Waals surface area contributed by atoms with Crippen molar-refractivity contribution in [2.45, 2.75) is 26.7 Å². The smallest absolute Gasteiger partial charge is 0.233 e. The van der Waals surface area contributed by atoms with Crippen molar-refractivity contribution < 1.29 is 4.79 Å². The van der Waals surface area contributed by atoms with E-state index in [-0.39, 0.29) is 5.91 Å².